The molecule has 0 radical (unpaired) electrons. The van der Waals surface area contributed by atoms with Gasteiger partial charge in [0.25, 0.3) is 0 Å². The summed E-state index contributed by atoms with van der Waals surface area (Å²) in [7, 11) is 1.83. The largest absolute Gasteiger partial charge is 0.381 e. The van der Waals surface area contributed by atoms with Gasteiger partial charge in [0.1, 0.15) is 0 Å². The van der Waals surface area contributed by atoms with Gasteiger partial charge in [-0.2, -0.15) is 0 Å². The number of halogens is 1. The van der Waals surface area contributed by atoms with E-state index in [-0.39, 0.29) is 0 Å². The van der Waals surface area contributed by atoms with E-state index in [1.807, 2.05) is 7.11 Å². The van der Waals surface area contributed by atoms with Gasteiger partial charge < -0.3 is 4.74 Å². The van der Waals surface area contributed by atoms with Gasteiger partial charge in [-0.1, -0.05) is 80.9 Å². The summed E-state index contributed by atoms with van der Waals surface area (Å²) in [6.07, 6.45) is 13.0. The maximum atomic E-state index is 5.35. The van der Waals surface area contributed by atoms with Gasteiger partial charge in [-0.05, 0) is 6.42 Å². The minimum atomic E-state index is 0.491. The number of rotatable bonds is 11. The zero-order valence-electron chi connectivity index (χ0n) is 10.4. The molecule has 0 saturated heterocycles. The minimum absolute atomic E-state index is 0.491. The molecule has 0 aromatic rings. The third-order valence-corrected chi connectivity index (χ3v) is 3.87. The Morgan fingerprint density at radius 1 is 0.933 bits per heavy atom. The predicted octanol–water partition coefficient (Wildman–Crippen LogP) is 4.97. The van der Waals surface area contributed by atoms with E-state index in [9.17, 15) is 0 Å². The maximum absolute atomic E-state index is 5.35. The summed E-state index contributed by atoms with van der Waals surface area (Å²) in [5.41, 5.74) is 0. The Morgan fingerprint density at radius 2 is 1.47 bits per heavy atom. The van der Waals surface area contributed by atoms with Crippen LogP contribution in [0.25, 0.3) is 0 Å². The lowest BCUT2D eigenvalue weighted by molar-refractivity contribution is 0.114. The third kappa shape index (κ3) is 11.0. The molecular formula is C13H27IO. The molecule has 15 heavy (non-hydrogen) atoms. The lowest BCUT2D eigenvalue weighted by atomic mass is 10.1. The molecule has 0 aliphatic rings. The maximum Gasteiger partial charge on any atom is 0.0660 e. The van der Waals surface area contributed by atoms with Crippen molar-refractivity contribution in [1.82, 2.24) is 0 Å². The topological polar surface area (TPSA) is 9.23 Å². The zero-order valence-corrected chi connectivity index (χ0v) is 12.6. The van der Waals surface area contributed by atoms with E-state index < -0.39 is 0 Å². The Bertz CT molecular complexity index is 113. The van der Waals surface area contributed by atoms with Gasteiger partial charge in [0, 0.05) is 11.5 Å². The Morgan fingerprint density at radius 3 is 1.93 bits per heavy atom. The number of hydrogen-bond donors (Lipinski definition) is 0. The van der Waals surface area contributed by atoms with E-state index in [4.69, 9.17) is 4.74 Å². The lowest BCUT2D eigenvalue weighted by Crippen LogP contribution is -2.11. The monoisotopic (exact) mass is 326 g/mol. The second-order valence-electron chi connectivity index (χ2n) is 4.28. The van der Waals surface area contributed by atoms with Gasteiger partial charge in [0.05, 0.1) is 6.10 Å². The van der Waals surface area contributed by atoms with Crippen LogP contribution in [0.3, 0.4) is 0 Å². The minimum Gasteiger partial charge on any atom is -0.381 e. The second kappa shape index (κ2) is 12.8. The molecule has 0 aromatic carbocycles. The summed E-state index contributed by atoms with van der Waals surface area (Å²) in [6.45, 7) is 2.27. The van der Waals surface area contributed by atoms with Gasteiger partial charge in [-0.25, -0.2) is 0 Å². The van der Waals surface area contributed by atoms with Gasteiger partial charge in [-0.15, -0.1) is 0 Å². The molecule has 0 spiro atoms. The molecule has 0 heterocycles. The Hall–Kier alpha value is 0.690. The fourth-order valence-electron chi connectivity index (χ4n) is 1.76. The zero-order chi connectivity index (χ0) is 11.4. The highest BCUT2D eigenvalue weighted by molar-refractivity contribution is 14.1. The van der Waals surface area contributed by atoms with Crippen molar-refractivity contribution in [1.29, 1.82) is 0 Å². The van der Waals surface area contributed by atoms with Crippen LogP contribution in [0.15, 0.2) is 0 Å². The van der Waals surface area contributed by atoms with Crippen molar-refractivity contribution in [2.45, 2.75) is 70.8 Å². The van der Waals surface area contributed by atoms with Gasteiger partial charge in [-0.3, -0.25) is 0 Å². The fourth-order valence-corrected chi connectivity index (χ4v) is 2.56. The molecular weight excluding hydrogens is 299 g/mol. The molecule has 0 rings (SSSR count). The fraction of sp³-hybridized carbons (Fsp3) is 1.00. The quantitative estimate of drug-likeness (QED) is 0.296. The average Bonchev–Trinajstić information content (AvgIpc) is 2.27. The predicted molar refractivity (Wildman–Crippen MR) is 76.9 cm³/mol. The molecule has 92 valence electrons. The van der Waals surface area contributed by atoms with Crippen molar-refractivity contribution in [3.05, 3.63) is 0 Å². The van der Waals surface area contributed by atoms with E-state index in [1.165, 1.54) is 57.8 Å². The standard InChI is InChI=1S/C13H27IO/c1-3-4-5-6-7-8-9-10-11-13(12-14)15-2/h13H,3-12H2,1-2H3. The first-order valence-corrected chi connectivity index (χ1v) is 7.96. The second-order valence-corrected chi connectivity index (χ2v) is 5.16. The molecule has 0 saturated carbocycles. The normalized spacial score (nSPS) is 13.0. The lowest BCUT2D eigenvalue weighted by Gasteiger charge is -2.11. The first kappa shape index (κ1) is 15.7. The molecule has 0 aliphatic carbocycles. The Labute approximate surface area is 109 Å². The average molecular weight is 326 g/mol. The first-order valence-electron chi connectivity index (χ1n) is 6.43. The molecule has 0 amide bonds. The molecule has 1 nitrogen and oxygen atoms in total. The van der Waals surface area contributed by atoms with Crippen LogP contribution in [0.2, 0.25) is 0 Å². The number of hydrogen-bond acceptors (Lipinski definition) is 1. The van der Waals surface area contributed by atoms with Crippen LogP contribution in [0, 0.1) is 0 Å². The summed E-state index contributed by atoms with van der Waals surface area (Å²) in [5, 5.41) is 0. The highest BCUT2D eigenvalue weighted by Gasteiger charge is 2.03. The molecule has 0 fully saturated rings. The van der Waals surface area contributed by atoms with Crippen LogP contribution in [0.5, 0.6) is 0 Å². The highest BCUT2D eigenvalue weighted by Crippen LogP contribution is 2.12. The summed E-state index contributed by atoms with van der Waals surface area (Å²) in [4.78, 5) is 0. The summed E-state index contributed by atoms with van der Waals surface area (Å²) in [5.74, 6) is 0. The molecule has 1 unspecified atom stereocenters. The first-order chi connectivity index (χ1) is 7.35. The van der Waals surface area contributed by atoms with Gasteiger partial charge in [0.15, 0.2) is 0 Å². The smallest absolute Gasteiger partial charge is 0.0660 e. The molecule has 2 heteroatoms. The van der Waals surface area contributed by atoms with Crippen LogP contribution < -0.4 is 0 Å². The van der Waals surface area contributed by atoms with E-state index in [1.54, 1.807) is 0 Å². The number of methoxy groups -OCH3 is 1. The number of ether oxygens (including phenoxy) is 1. The van der Waals surface area contributed by atoms with Crippen molar-refractivity contribution in [3.63, 3.8) is 0 Å². The van der Waals surface area contributed by atoms with Crippen LogP contribution in [-0.2, 0) is 4.74 Å². The highest BCUT2D eigenvalue weighted by atomic mass is 127. The van der Waals surface area contributed by atoms with Crippen LogP contribution >= 0.6 is 22.6 Å². The van der Waals surface area contributed by atoms with Crippen molar-refractivity contribution in [2.75, 3.05) is 11.5 Å². The Balaban J connectivity index is 3.04. The molecule has 0 aromatic heterocycles. The van der Waals surface area contributed by atoms with Crippen LogP contribution in [0.1, 0.15) is 64.7 Å². The SMILES string of the molecule is CCCCCCCCCCC(CI)OC. The van der Waals surface area contributed by atoms with E-state index in [2.05, 4.69) is 29.5 Å². The van der Waals surface area contributed by atoms with Gasteiger partial charge in [0.2, 0.25) is 0 Å². The van der Waals surface area contributed by atoms with E-state index in [0.29, 0.717) is 6.10 Å². The van der Waals surface area contributed by atoms with Crippen LogP contribution in [-0.4, -0.2) is 17.6 Å². The molecule has 1 atom stereocenters. The Kier molecular flexibility index (Phi) is 13.3. The van der Waals surface area contributed by atoms with E-state index >= 15 is 0 Å². The van der Waals surface area contributed by atoms with Crippen LogP contribution in [0.4, 0.5) is 0 Å². The molecule has 0 N–H and O–H groups in total. The van der Waals surface area contributed by atoms with Gasteiger partial charge >= 0.3 is 0 Å². The number of alkyl halides is 1. The summed E-state index contributed by atoms with van der Waals surface area (Å²) < 4.78 is 6.48. The van der Waals surface area contributed by atoms with E-state index in [0.717, 1.165) is 4.43 Å². The van der Waals surface area contributed by atoms with Crippen molar-refractivity contribution in [3.8, 4) is 0 Å². The van der Waals surface area contributed by atoms with Crippen molar-refractivity contribution < 1.29 is 4.74 Å². The van der Waals surface area contributed by atoms with Crippen molar-refractivity contribution in [2.24, 2.45) is 0 Å². The molecule has 0 aliphatic heterocycles. The van der Waals surface area contributed by atoms with Crippen molar-refractivity contribution >= 4 is 22.6 Å². The summed E-state index contributed by atoms with van der Waals surface area (Å²) in [6, 6.07) is 0. The number of unbranched alkanes of at least 4 members (excludes halogenated alkanes) is 7. The molecule has 0 bridgehead atoms. The third-order valence-electron chi connectivity index (χ3n) is 2.89. The summed E-state index contributed by atoms with van der Waals surface area (Å²) >= 11 is 2.41.